The van der Waals surface area contributed by atoms with E-state index in [1.54, 1.807) is 18.3 Å². The maximum atomic E-state index is 12.1. The zero-order valence-corrected chi connectivity index (χ0v) is 16.9. The molecule has 5 nitrogen and oxygen atoms in total. The van der Waals surface area contributed by atoms with Crippen molar-refractivity contribution in [1.29, 1.82) is 0 Å². The number of rotatable bonds is 6. The first-order valence-corrected chi connectivity index (χ1v) is 10.1. The third-order valence-electron chi connectivity index (χ3n) is 3.70. The fourth-order valence-corrected chi connectivity index (χ4v) is 3.35. The molecule has 1 aromatic heterocycles. The highest BCUT2D eigenvalue weighted by molar-refractivity contribution is 8.00. The van der Waals surface area contributed by atoms with Crippen LogP contribution in [0, 0.1) is 6.92 Å². The summed E-state index contributed by atoms with van der Waals surface area (Å²) in [4.78, 5) is 17.1. The number of amides is 1. The van der Waals surface area contributed by atoms with Gasteiger partial charge in [-0.1, -0.05) is 29.8 Å². The standard InChI is InChI=1S/C21H20N4OS2/c1-15-8-10-16(11-9-15)23-21(27)24-17-5-4-6-18(13-17)28-14-20(26)25-19-7-2-3-12-22-19/h2-13H,14H2,1H3,(H,22,25,26)(H2,23,24,27). The highest BCUT2D eigenvalue weighted by atomic mass is 32.2. The van der Waals surface area contributed by atoms with Crippen molar-refractivity contribution < 1.29 is 4.79 Å². The summed E-state index contributed by atoms with van der Waals surface area (Å²) in [5.41, 5.74) is 2.99. The van der Waals surface area contributed by atoms with Gasteiger partial charge in [-0.15, -0.1) is 11.8 Å². The van der Waals surface area contributed by atoms with E-state index in [0.717, 1.165) is 16.3 Å². The number of nitrogens with zero attached hydrogens (tertiary/aromatic N) is 1. The second-order valence-electron chi connectivity index (χ2n) is 6.02. The van der Waals surface area contributed by atoms with Gasteiger partial charge in [-0.05, 0) is 61.6 Å². The molecule has 0 atom stereocenters. The van der Waals surface area contributed by atoms with Crippen LogP contribution in [0.15, 0.2) is 77.8 Å². The smallest absolute Gasteiger partial charge is 0.235 e. The van der Waals surface area contributed by atoms with Crippen molar-refractivity contribution in [2.75, 3.05) is 21.7 Å². The van der Waals surface area contributed by atoms with Crippen molar-refractivity contribution in [3.63, 3.8) is 0 Å². The molecule has 7 heteroatoms. The van der Waals surface area contributed by atoms with Gasteiger partial charge in [-0.2, -0.15) is 0 Å². The molecule has 28 heavy (non-hydrogen) atoms. The maximum Gasteiger partial charge on any atom is 0.235 e. The number of pyridine rings is 1. The van der Waals surface area contributed by atoms with Crippen molar-refractivity contribution in [2.24, 2.45) is 0 Å². The molecule has 0 saturated heterocycles. The number of anilines is 3. The predicted molar refractivity (Wildman–Crippen MR) is 121 cm³/mol. The van der Waals surface area contributed by atoms with Gasteiger partial charge in [-0.3, -0.25) is 4.79 Å². The molecule has 0 aliphatic carbocycles. The number of aryl methyl sites for hydroxylation is 1. The first-order valence-electron chi connectivity index (χ1n) is 8.67. The van der Waals surface area contributed by atoms with E-state index in [1.807, 2.05) is 61.5 Å². The first-order chi connectivity index (χ1) is 13.6. The molecular weight excluding hydrogens is 388 g/mol. The van der Waals surface area contributed by atoms with Crippen molar-refractivity contribution >= 4 is 52.2 Å². The number of aromatic nitrogens is 1. The lowest BCUT2D eigenvalue weighted by Gasteiger charge is -2.12. The minimum absolute atomic E-state index is 0.0985. The molecule has 0 aliphatic rings. The molecule has 1 heterocycles. The number of carbonyl (C=O) groups excluding carboxylic acids is 1. The third kappa shape index (κ3) is 6.37. The van der Waals surface area contributed by atoms with Gasteiger partial charge in [0.15, 0.2) is 5.11 Å². The lowest BCUT2D eigenvalue weighted by Crippen LogP contribution is -2.19. The Morgan fingerprint density at radius 3 is 2.50 bits per heavy atom. The third-order valence-corrected chi connectivity index (χ3v) is 4.90. The SMILES string of the molecule is Cc1ccc(NC(=S)Nc2cccc(SCC(=O)Nc3ccccn3)c2)cc1. The second-order valence-corrected chi connectivity index (χ2v) is 7.48. The first kappa shape index (κ1) is 19.9. The fourth-order valence-electron chi connectivity index (χ4n) is 2.36. The van der Waals surface area contributed by atoms with Crippen molar-refractivity contribution in [2.45, 2.75) is 11.8 Å². The van der Waals surface area contributed by atoms with Gasteiger partial charge >= 0.3 is 0 Å². The minimum Gasteiger partial charge on any atom is -0.332 e. The predicted octanol–water partition coefficient (Wildman–Crippen LogP) is 4.93. The molecule has 0 aliphatic heterocycles. The topological polar surface area (TPSA) is 66.0 Å². The lowest BCUT2D eigenvalue weighted by molar-refractivity contribution is -0.113. The maximum absolute atomic E-state index is 12.1. The molecule has 0 saturated carbocycles. The van der Waals surface area contributed by atoms with Gasteiger partial charge < -0.3 is 16.0 Å². The zero-order valence-electron chi connectivity index (χ0n) is 15.3. The van der Waals surface area contributed by atoms with Crippen LogP contribution in [0.5, 0.6) is 0 Å². The summed E-state index contributed by atoms with van der Waals surface area (Å²) in [6, 6.07) is 21.2. The Morgan fingerprint density at radius 1 is 0.964 bits per heavy atom. The number of hydrogen-bond donors (Lipinski definition) is 3. The van der Waals surface area contributed by atoms with Crippen LogP contribution in [-0.2, 0) is 4.79 Å². The normalized spacial score (nSPS) is 10.2. The number of benzene rings is 2. The molecule has 1 amide bonds. The van der Waals surface area contributed by atoms with E-state index in [0.29, 0.717) is 16.7 Å². The molecular formula is C21H20N4OS2. The van der Waals surface area contributed by atoms with E-state index in [-0.39, 0.29) is 5.91 Å². The lowest BCUT2D eigenvalue weighted by atomic mass is 10.2. The number of thioether (sulfide) groups is 1. The van der Waals surface area contributed by atoms with Crippen LogP contribution >= 0.6 is 24.0 Å². The van der Waals surface area contributed by atoms with Crippen LogP contribution in [-0.4, -0.2) is 21.8 Å². The van der Waals surface area contributed by atoms with Crippen LogP contribution < -0.4 is 16.0 Å². The molecule has 3 N–H and O–H groups in total. The number of carbonyl (C=O) groups is 1. The monoisotopic (exact) mass is 408 g/mol. The summed E-state index contributed by atoms with van der Waals surface area (Å²) in [5, 5.41) is 9.61. The Kier molecular flexibility index (Phi) is 7.00. The van der Waals surface area contributed by atoms with E-state index in [1.165, 1.54) is 17.3 Å². The molecule has 0 fully saturated rings. The fraction of sp³-hybridized carbons (Fsp3) is 0.0952. The summed E-state index contributed by atoms with van der Waals surface area (Å²) in [7, 11) is 0. The van der Waals surface area contributed by atoms with Crippen LogP contribution in [0.4, 0.5) is 17.2 Å². The van der Waals surface area contributed by atoms with Crippen LogP contribution in [0.1, 0.15) is 5.56 Å². The van der Waals surface area contributed by atoms with E-state index >= 15 is 0 Å². The van der Waals surface area contributed by atoms with Crippen LogP contribution in [0.3, 0.4) is 0 Å². The summed E-state index contributed by atoms with van der Waals surface area (Å²) in [5.74, 6) is 0.751. The number of hydrogen-bond acceptors (Lipinski definition) is 4. The van der Waals surface area contributed by atoms with Gasteiger partial charge in [0, 0.05) is 22.5 Å². The van der Waals surface area contributed by atoms with E-state index in [4.69, 9.17) is 12.2 Å². The molecule has 0 bridgehead atoms. The summed E-state index contributed by atoms with van der Waals surface area (Å²) < 4.78 is 0. The number of nitrogens with one attached hydrogen (secondary N) is 3. The quantitative estimate of drug-likeness (QED) is 0.397. The van der Waals surface area contributed by atoms with E-state index < -0.39 is 0 Å². The van der Waals surface area contributed by atoms with Gasteiger partial charge in [0.1, 0.15) is 5.82 Å². The van der Waals surface area contributed by atoms with Crippen molar-refractivity contribution in [1.82, 2.24) is 4.98 Å². The van der Waals surface area contributed by atoms with Gasteiger partial charge in [-0.25, -0.2) is 4.98 Å². The molecule has 0 unspecified atom stereocenters. The zero-order chi connectivity index (χ0) is 19.8. The Balaban J connectivity index is 1.51. The molecule has 3 rings (SSSR count). The van der Waals surface area contributed by atoms with Crippen molar-refractivity contribution in [3.05, 3.63) is 78.5 Å². The van der Waals surface area contributed by atoms with E-state index in [9.17, 15) is 4.79 Å². The highest BCUT2D eigenvalue weighted by Gasteiger charge is 2.06. The van der Waals surface area contributed by atoms with Gasteiger partial charge in [0.25, 0.3) is 0 Å². The van der Waals surface area contributed by atoms with Gasteiger partial charge in [0.2, 0.25) is 5.91 Å². The summed E-state index contributed by atoms with van der Waals surface area (Å²) in [6.45, 7) is 2.04. The Morgan fingerprint density at radius 2 is 1.75 bits per heavy atom. The average molecular weight is 409 g/mol. The second kappa shape index (κ2) is 9.87. The molecule has 0 radical (unpaired) electrons. The highest BCUT2D eigenvalue weighted by Crippen LogP contribution is 2.22. The Bertz CT molecular complexity index is 946. The summed E-state index contributed by atoms with van der Waals surface area (Å²) in [6.07, 6.45) is 1.64. The van der Waals surface area contributed by atoms with Crippen molar-refractivity contribution in [3.8, 4) is 0 Å². The number of thiocarbonyl (C=S) groups is 1. The average Bonchev–Trinajstić information content (AvgIpc) is 2.69. The summed E-state index contributed by atoms with van der Waals surface area (Å²) >= 11 is 6.82. The minimum atomic E-state index is -0.0985. The van der Waals surface area contributed by atoms with E-state index in [2.05, 4.69) is 20.9 Å². The van der Waals surface area contributed by atoms with Crippen LogP contribution in [0.25, 0.3) is 0 Å². The van der Waals surface area contributed by atoms with Crippen LogP contribution in [0.2, 0.25) is 0 Å². The molecule has 142 valence electrons. The van der Waals surface area contributed by atoms with Gasteiger partial charge in [0.05, 0.1) is 5.75 Å². The Hall–Kier alpha value is -2.90. The molecule has 3 aromatic rings. The molecule has 2 aromatic carbocycles. The largest absolute Gasteiger partial charge is 0.332 e. The Labute approximate surface area is 174 Å². The molecule has 0 spiro atoms.